The monoisotopic (exact) mass is 259 g/mol. The van der Waals surface area contributed by atoms with E-state index in [9.17, 15) is 0 Å². The Labute approximate surface area is 117 Å². The average Bonchev–Trinajstić information content (AvgIpc) is 2.97. The third-order valence-corrected chi connectivity index (χ3v) is 3.71. The molecular weight excluding hydrogens is 244 g/mol. The van der Waals surface area contributed by atoms with E-state index in [2.05, 4.69) is 88.1 Å². The van der Waals surface area contributed by atoms with Gasteiger partial charge in [0.1, 0.15) is 11.0 Å². The lowest BCUT2D eigenvalue weighted by molar-refractivity contribution is -0.661. The number of aromatic nitrogens is 2. The van der Waals surface area contributed by atoms with Gasteiger partial charge in [0.25, 0.3) is 0 Å². The van der Waals surface area contributed by atoms with Crippen LogP contribution < -0.4 is 4.57 Å². The number of nitrogens with zero attached hydrogens (tertiary/aromatic N) is 2. The van der Waals surface area contributed by atoms with E-state index < -0.39 is 0 Å². The second-order valence-electron chi connectivity index (χ2n) is 5.03. The number of para-hydroxylation sites is 2. The number of fused-ring (bicyclic) bond motifs is 3. The Bertz CT molecular complexity index is 876. The SMILES string of the molecule is c1ccc(C[n+]2cc3cccn3c3ccccc32)cc1. The van der Waals surface area contributed by atoms with Gasteiger partial charge in [-0.05, 0) is 18.2 Å². The minimum atomic E-state index is 0.892. The molecule has 0 fully saturated rings. The normalized spacial score (nSPS) is 11.2. The topological polar surface area (TPSA) is 8.29 Å². The summed E-state index contributed by atoms with van der Waals surface area (Å²) in [5.41, 5.74) is 5.03. The highest BCUT2D eigenvalue weighted by atomic mass is 15.0. The Hall–Kier alpha value is -2.61. The van der Waals surface area contributed by atoms with Crippen LogP contribution in [0.5, 0.6) is 0 Å². The first-order valence-corrected chi connectivity index (χ1v) is 6.84. The molecule has 0 aliphatic carbocycles. The van der Waals surface area contributed by atoms with Crippen molar-refractivity contribution >= 4 is 16.6 Å². The van der Waals surface area contributed by atoms with Crippen LogP contribution in [-0.4, -0.2) is 4.40 Å². The van der Waals surface area contributed by atoms with E-state index in [0.29, 0.717) is 0 Å². The highest BCUT2D eigenvalue weighted by Crippen LogP contribution is 2.14. The van der Waals surface area contributed by atoms with E-state index in [1.165, 1.54) is 22.1 Å². The fourth-order valence-electron chi connectivity index (χ4n) is 2.77. The van der Waals surface area contributed by atoms with Crippen molar-refractivity contribution in [1.29, 1.82) is 0 Å². The van der Waals surface area contributed by atoms with Crippen LogP contribution in [0.1, 0.15) is 5.56 Å². The molecule has 0 saturated heterocycles. The van der Waals surface area contributed by atoms with Gasteiger partial charge in [0.2, 0.25) is 5.52 Å². The molecule has 2 heterocycles. The first-order chi connectivity index (χ1) is 9.92. The molecule has 0 saturated carbocycles. The van der Waals surface area contributed by atoms with E-state index in [4.69, 9.17) is 0 Å². The molecule has 0 unspecified atom stereocenters. The smallest absolute Gasteiger partial charge is 0.229 e. The predicted octanol–water partition coefficient (Wildman–Crippen LogP) is 3.43. The highest BCUT2D eigenvalue weighted by Gasteiger charge is 2.12. The maximum Gasteiger partial charge on any atom is 0.229 e. The quantitative estimate of drug-likeness (QED) is 0.487. The Morgan fingerprint density at radius 3 is 2.50 bits per heavy atom. The van der Waals surface area contributed by atoms with Crippen molar-refractivity contribution in [3.05, 3.63) is 84.7 Å². The third kappa shape index (κ3) is 1.77. The van der Waals surface area contributed by atoms with E-state index in [1.54, 1.807) is 0 Å². The summed E-state index contributed by atoms with van der Waals surface area (Å²) in [6, 6.07) is 23.4. The molecule has 0 amide bonds. The summed E-state index contributed by atoms with van der Waals surface area (Å²) in [5.74, 6) is 0. The van der Waals surface area contributed by atoms with Crippen LogP contribution in [0.4, 0.5) is 0 Å². The van der Waals surface area contributed by atoms with Crippen molar-refractivity contribution < 1.29 is 4.57 Å². The standard InChI is InChI=1S/C18H15N2/c1-2-7-15(8-3-1)13-19-14-16-9-6-12-20(16)18-11-5-4-10-17(18)19/h1-12,14H,13H2/q+1. The summed E-state index contributed by atoms with van der Waals surface area (Å²) < 4.78 is 4.55. The predicted molar refractivity (Wildman–Crippen MR) is 80.6 cm³/mol. The Morgan fingerprint density at radius 1 is 0.800 bits per heavy atom. The van der Waals surface area contributed by atoms with Gasteiger partial charge in [0.05, 0.1) is 0 Å². The summed E-state index contributed by atoms with van der Waals surface area (Å²) >= 11 is 0. The molecule has 0 radical (unpaired) electrons. The van der Waals surface area contributed by atoms with Gasteiger partial charge in [-0.1, -0.05) is 42.5 Å². The molecule has 4 rings (SSSR count). The van der Waals surface area contributed by atoms with Gasteiger partial charge in [-0.3, -0.25) is 0 Å². The zero-order valence-corrected chi connectivity index (χ0v) is 11.1. The Balaban J connectivity index is 1.96. The zero-order chi connectivity index (χ0) is 13.4. The van der Waals surface area contributed by atoms with Crippen LogP contribution in [-0.2, 0) is 6.54 Å². The van der Waals surface area contributed by atoms with Gasteiger partial charge in [0, 0.05) is 17.8 Å². The van der Waals surface area contributed by atoms with Gasteiger partial charge in [-0.15, -0.1) is 0 Å². The van der Waals surface area contributed by atoms with Crippen molar-refractivity contribution in [2.75, 3.05) is 0 Å². The zero-order valence-electron chi connectivity index (χ0n) is 11.1. The van der Waals surface area contributed by atoms with E-state index in [1.807, 2.05) is 0 Å². The van der Waals surface area contributed by atoms with Crippen LogP contribution in [0.3, 0.4) is 0 Å². The number of hydrogen-bond acceptors (Lipinski definition) is 0. The second kappa shape index (κ2) is 4.49. The first kappa shape index (κ1) is 11.2. The Kier molecular flexibility index (Phi) is 2.52. The lowest BCUT2D eigenvalue weighted by Gasteiger charge is -2.05. The summed E-state index contributed by atoms with van der Waals surface area (Å²) in [6.45, 7) is 0.892. The van der Waals surface area contributed by atoms with Crippen LogP contribution in [0.2, 0.25) is 0 Å². The molecule has 4 aromatic rings. The van der Waals surface area contributed by atoms with Gasteiger partial charge in [-0.25, -0.2) is 0 Å². The highest BCUT2D eigenvalue weighted by molar-refractivity contribution is 5.74. The third-order valence-electron chi connectivity index (χ3n) is 3.71. The molecule has 2 heteroatoms. The summed E-state index contributed by atoms with van der Waals surface area (Å²) in [7, 11) is 0. The number of rotatable bonds is 2. The molecule has 2 aromatic carbocycles. The largest absolute Gasteiger partial charge is 0.306 e. The van der Waals surface area contributed by atoms with Crippen molar-refractivity contribution in [3.8, 4) is 0 Å². The summed E-state index contributed by atoms with van der Waals surface area (Å²) in [4.78, 5) is 0. The first-order valence-electron chi connectivity index (χ1n) is 6.84. The molecule has 0 bridgehead atoms. The van der Waals surface area contributed by atoms with Gasteiger partial charge in [0.15, 0.2) is 12.7 Å². The molecule has 2 nitrogen and oxygen atoms in total. The maximum absolute atomic E-state index is 2.32. The molecule has 0 spiro atoms. The molecule has 0 N–H and O–H groups in total. The average molecular weight is 259 g/mol. The lowest BCUT2D eigenvalue weighted by Crippen LogP contribution is -2.35. The van der Waals surface area contributed by atoms with Gasteiger partial charge < -0.3 is 4.40 Å². The van der Waals surface area contributed by atoms with Crippen LogP contribution >= 0.6 is 0 Å². The van der Waals surface area contributed by atoms with Crippen molar-refractivity contribution in [1.82, 2.24) is 4.40 Å². The van der Waals surface area contributed by atoms with Gasteiger partial charge in [-0.2, -0.15) is 4.57 Å². The summed E-state index contributed by atoms with van der Waals surface area (Å²) in [6.07, 6.45) is 4.33. The molecular formula is C18H15N2+. The fraction of sp³-hybridized carbons (Fsp3) is 0.0556. The molecule has 96 valence electrons. The van der Waals surface area contributed by atoms with Crippen molar-refractivity contribution in [2.45, 2.75) is 6.54 Å². The second-order valence-corrected chi connectivity index (χ2v) is 5.03. The van der Waals surface area contributed by atoms with E-state index >= 15 is 0 Å². The van der Waals surface area contributed by atoms with Crippen molar-refractivity contribution in [2.24, 2.45) is 0 Å². The Morgan fingerprint density at radius 2 is 1.60 bits per heavy atom. The molecule has 0 aliphatic heterocycles. The maximum atomic E-state index is 2.32. The molecule has 2 aromatic heterocycles. The minimum Gasteiger partial charge on any atom is -0.306 e. The summed E-state index contributed by atoms with van der Waals surface area (Å²) in [5, 5.41) is 0. The fourth-order valence-corrected chi connectivity index (χ4v) is 2.77. The van der Waals surface area contributed by atoms with Crippen molar-refractivity contribution in [3.63, 3.8) is 0 Å². The van der Waals surface area contributed by atoms with Gasteiger partial charge >= 0.3 is 0 Å². The van der Waals surface area contributed by atoms with Crippen LogP contribution in [0.15, 0.2) is 79.1 Å². The minimum absolute atomic E-state index is 0.892. The molecule has 0 atom stereocenters. The number of hydrogen-bond donors (Lipinski definition) is 0. The lowest BCUT2D eigenvalue weighted by atomic mass is 10.2. The van der Waals surface area contributed by atoms with E-state index in [0.717, 1.165) is 6.54 Å². The van der Waals surface area contributed by atoms with Crippen LogP contribution in [0, 0.1) is 0 Å². The molecule has 0 aliphatic rings. The number of benzene rings is 2. The van der Waals surface area contributed by atoms with Crippen LogP contribution in [0.25, 0.3) is 16.6 Å². The van der Waals surface area contributed by atoms with E-state index in [-0.39, 0.29) is 0 Å². The molecule has 20 heavy (non-hydrogen) atoms.